The lowest BCUT2D eigenvalue weighted by atomic mass is 10.0. The number of hydrogen-bond acceptors (Lipinski definition) is 4. The predicted octanol–water partition coefficient (Wildman–Crippen LogP) is 1.45. The van der Waals surface area contributed by atoms with Gasteiger partial charge in [0.05, 0.1) is 0 Å². The Morgan fingerprint density at radius 2 is 1.11 bits per heavy atom. The van der Waals surface area contributed by atoms with Crippen LogP contribution in [0.5, 0.6) is 0 Å². The fourth-order valence-corrected chi connectivity index (χ4v) is 2.25. The summed E-state index contributed by atoms with van der Waals surface area (Å²) in [5, 5.41) is 0. The molecule has 108 valence electrons. The zero-order valence-electron chi connectivity index (χ0n) is 13.2. The third-order valence-corrected chi connectivity index (χ3v) is 2.88. The van der Waals surface area contributed by atoms with Crippen molar-refractivity contribution in [1.29, 1.82) is 0 Å². The second-order valence-corrected chi connectivity index (χ2v) is 6.04. The van der Waals surface area contributed by atoms with Gasteiger partial charge in [0.1, 0.15) is 0 Å². The molecule has 4 heteroatoms. The zero-order valence-corrected chi connectivity index (χ0v) is 13.2. The summed E-state index contributed by atoms with van der Waals surface area (Å²) in [4.78, 5) is 6.50. The first-order chi connectivity index (χ1) is 8.79. The quantitative estimate of drug-likeness (QED) is 0.789. The van der Waals surface area contributed by atoms with Gasteiger partial charge in [-0.15, -0.1) is 0 Å². The number of nitrogen functional groups attached to an aromatic ring is 1. The molecule has 0 saturated carbocycles. The number of nitrogens with two attached hydrogens (primary N) is 1. The topological polar surface area (TPSA) is 35.7 Å². The number of rotatable bonds is 6. The smallest absolute Gasteiger partial charge is 0.0405 e. The normalized spacial score (nSPS) is 11.8. The van der Waals surface area contributed by atoms with Crippen LogP contribution >= 0.6 is 0 Å². The molecule has 0 aliphatic rings. The van der Waals surface area contributed by atoms with Crippen LogP contribution in [0.15, 0.2) is 12.1 Å². The van der Waals surface area contributed by atoms with Gasteiger partial charge >= 0.3 is 0 Å². The Morgan fingerprint density at radius 3 is 1.42 bits per heavy atom. The van der Waals surface area contributed by atoms with E-state index in [9.17, 15) is 0 Å². The van der Waals surface area contributed by atoms with Crippen LogP contribution < -0.4 is 5.73 Å². The molecule has 0 amide bonds. The standard InChI is InChI=1S/C15H28N4/c1-17(2)9-12-7-13(10-18(3)4)15(16)14(8-12)11-19(5)6/h7-8H,9-11,16H2,1-6H3. The van der Waals surface area contributed by atoms with Crippen molar-refractivity contribution >= 4 is 5.69 Å². The van der Waals surface area contributed by atoms with Crippen LogP contribution in [0, 0.1) is 0 Å². The van der Waals surface area contributed by atoms with Gasteiger partial charge in [0, 0.05) is 25.3 Å². The SMILES string of the molecule is CN(C)Cc1cc(CN(C)C)c(N)c(CN(C)C)c1. The predicted molar refractivity (Wildman–Crippen MR) is 83.0 cm³/mol. The first kappa shape index (κ1) is 16.0. The Morgan fingerprint density at radius 1 is 0.737 bits per heavy atom. The third-order valence-electron chi connectivity index (χ3n) is 2.88. The molecule has 0 unspecified atom stereocenters. The molecule has 0 atom stereocenters. The van der Waals surface area contributed by atoms with Crippen LogP contribution in [0.1, 0.15) is 16.7 Å². The van der Waals surface area contributed by atoms with E-state index >= 15 is 0 Å². The van der Waals surface area contributed by atoms with Crippen LogP contribution in [0.3, 0.4) is 0 Å². The molecule has 1 aromatic rings. The first-order valence-electron chi connectivity index (χ1n) is 6.64. The number of hydrogen-bond donors (Lipinski definition) is 1. The van der Waals surface area contributed by atoms with Crippen LogP contribution in [0.25, 0.3) is 0 Å². The molecule has 0 spiro atoms. The van der Waals surface area contributed by atoms with Crippen molar-refractivity contribution in [3.05, 3.63) is 28.8 Å². The molecule has 1 rings (SSSR count). The van der Waals surface area contributed by atoms with Gasteiger partial charge in [-0.25, -0.2) is 0 Å². The fraction of sp³-hybridized carbons (Fsp3) is 0.600. The summed E-state index contributed by atoms with van der Waals surface area (Å²) in [7, 11) is 12.5. The first-order valence-corrected chi connectivity index (χ1v) is 6.64. The van der Waals surface area contributed by atoms with E-state index in [4.69, 9.17) is 5.73 Å². The summed E-state index contributed by atoms with van der Waals surface area (Å²) in [6.07, 6.45) is 0. The van der Waals surface area contributed by atoms with Crippen molar-refractivity contribution in [3.63, 3.8) is 0 Å². The molecule has 0 aromatic heterocycles. The largest absolute Gasteiger partial charge is 0.398 e. The number of nitrogens with zero attached hydrogens (tertiary/aromatic N) is 3. The molecule has 0 radical (unpaired) electrons. The van der Waals surface area contributed by atoms with E-state index < -0.39 is 0 Å². The van der Waals surface area contributed by atoms with Crippen molar-refractivity contribution in [1.82, 2.24) is 14.7 Å². The van der Waals surface area contributed by atoms with Crippen LogP contribution in [-0.2, 0) is 19.6 Å². The average Bonchev–Trinajstić information content (AvgIpc) is 2.22. The Balaban J connectivity index is 3.13. The molecular weight excluding hydrogens is 236 g/mol. The van der Waals surface area contributed by atoms with E-state index in [1.54, 1.807) is 0 Å². The Kier molecular flexibility index (Phi) is 5.79. The lowest BCUT2D eigenvalue weighted by molar-refractivity contribution is 0.390. The highest BCUT2D eigenvalue weighted by Gasteiger charge is 2.10. The molecule has 1 aromatic carbocycles. The fourth-order valence-electron chi connectivity index (χ4n) is 2.25. The van der Waals surface area contributed by atoms with E-state index in [0.717, 1.165) is 25.3 Å². The highest BCUT2D eigenvalue weighted by Crippen LogP contribution is 2.23. The summed E-state index contributed by atoms with van der Waals surface area (Å²) < 4.78 is 0. The highest BCUT2D eigenvalue weighted by atomic mass is 15.1. The summed E-state index contributed by atoms with van der Waals surface area (Å²) >= 11 is 0. The Bertz CT molecular complexity index is 380. The maximum absolute atomic E-state index is 6.31. The van der Waals surface area contributed by atoms with Gasteiger partial charge in [0.25, 0.3) is 0 Å². The van der Waals surface area contributed by atoms with E-state index in [1.165, 1.54) is 16.7 Å². The Labute approximate surface area is 117 Å². The van der Waals surface area contributed by atoms with E-state index in [2.05, 4.69) is 69.1 Å². The third kappa shape index (κ3) is 5.19. The van der Waals surface area contributed by atoms with Crippen LogP contribution in [0.4, 0.5) is 5.69 Å². The van der Waals surface area contributed by atoms with Gasteiger partial charge in [-0.2, -0.15) is 0 Å². The van der Waals surface area contributed by atoms with Gasteiger partial charge in [0.2, 0.25) is 0 Å². The lowest BCUT2D eigenvalue weighted by Gasteiger charge is -2.20. The molecule has 0 saturated heterocycles. The van der Waals surface area contributed by atoms with Gasteiger partial charge in [-0.05, 0) is 59.0 Å². The average molecular weight is 264 g/mol. The lowest BCUT2D eigenvalue weighted by Crippen LogP contribution is -2.18. The maximum Gasteiger partial charge on any atom is 0.0405 e. The van der Waals surface area contributed by atoms with Crippen molar-refractivity contribution in [3.8, 4) is 0 Å². The van der Waals surface area contributed by atoms with E-state index in [1.807, 2.05) is 0 Å². The maximum atomic E-state index is 6.31. The Hall–Kier alpha value is -1.10. The molecule has 0 fully saturated rings. The number of anilines is 1. The number of benzene rings is 1. The second kappa shape index (κ2) is 6.89. The van der Waals surface area contributed by atoms with Crippen LogP contribution in [0.2, 0.25) is 0 Å². The minimum absolute atomic E-state index is 0.882. The molecule has 0 heterocycles. The molecule has 0 aliphatic heterocycles. The molecular formula is C15H28N4. The van der Waals surface area contributed by atoms with Crippen molar-refractivity contribution in [2.24, 2.45) is 0 Å². The van der Waals surface area contributed by atoms with Crippen LogP contribution in [-0.4, -0.2) is 57.0 Å². The molecule has 4 nitrogen and oxygen atoms in total. The molecule has 19 heavy (non-hydrogen) atoms. The highest BCUT2D eigenvalue weighted by molar-refractivity contribution is 5.55. The summed E-state index contributed by atoms with van der Waals surface area (Å²) in [5.74, 6) is 0. The molecule has 0 aliphatic carbocycles. The molecule has 0 bridgehead atoms. The van der Waals surface area contributed by atoms with E-state index in [-0.39, 0.29) is 0 Å². The summed E-state index contributed by atoms with van der Waals surface area (Å²) in [6, 6.07) is 4.46. The second-order valence-electron chi connectivity index (χ2n) is 6.04. The van der Waals surface area contributed by atoms with Gasteiger partial charge in [0.15, 0.2) is 0 Å². The summed E-state index contributed by atoms with van der Waals surface area (Å²) in [5.41, 5.74) is 11.0. The summed E-state index contributed by atoms with van der Waals surface area (Å²) in [6.45, 7) is 2.71. The zero-order chi connectivity index (χ0) is 14.6. The minimum Gasteiger partial charge on any atom is -0.398 e. The monoisotopic (exact) mass is 264 g/mol. The van der Waals surface area contributed by atoms with Gasteiger partial charge in [-0.1, -0.05) is 12.1 Å². The van der Waals surface area contributed by atoms with E-state index in [0.29, 0.717) is 0 Å². The van der Waals surface area contributed by atoms with Crippen molar-refractivity contribution in [2.45, 2.75) is 19.6 Å². The van der Waals surface area contributed by atoms with Crippen molar-refractivity contribution < 1.29 is 0 Å². The minimum atomic E-state index is 0.882. The van der Waals surface area contributed by atoms with Crippen molar-refractivity contribution in [2.75, 3.05) is 48.0 Å². The van der Waals surface area contributed by atoms with Gasteiger partial charge < -0.3 is 20.4 Å². The van der Waals surface area contributed by atoms with Gasteiger partial charge in [-0.3, -0.25) is 0 Å². The molecule has 2 N–H and O–H groups in total.